The molecule has 1 fully saturated rings. The molecule has 1 aliphatic rings. The zero-order chi connectivity index (χ0) is 13.8. The van der Waals surface area contributed by atoms with Crippen molar-refractivity contribution >= 4 is 11.6 Å². The van der Waals surface area contributed by atoms with Gasteiger partial charge in [-0.1, -0.05) is 0 Å². The second-order valence-electron chi connectivity index (χ2n) is 5.30. The minimum Gasteiger partial charge on any atom is -0.385 e. The highest BCUT2D eigenvalue weighted by atomic mass is 16.2. The van der Waals surface area contributed by atoms with Crippen LogP contribution in [0.3, 0.4) is 0 Å². The molecule has 19 heavy (non-hydrogen) atoms. The quantitative estimate of drug-likeness (QED) is 0.910. The van der Waals surface area contributed by atoms with Crippen molar-refractivity contribution in [1.29, 1.82) is 0 Å². The van der Waals surface area contributed by atoms with Crippen molar-refractivity contribution in [3.05, 3.63) is 24.0 Å². The molecule has 0 radical (unpaired) electrons. The van der Waals surface area contributed by atoms with Crippen LogP contribution in [0.4, 0.5) is 5.69 Å². The van der Waals surface area contributed by atoms with Gasteiger partial charge in [-0.3, -0.25) is 9.78 Å². The molecule has 0 saturated carbocycles. The van der Waals surface area contributed by atoms with E-state index in [1.54, 1.807) is 6.20 Å². The minimum absolute atomic E-state index is 0.0550. The lowest BCUT2D eigenvalue weighted by Crippen LogP contribution is -2.47. The van der Waals surface area contributed by atoms with Gasteiger partial charge in [0.25, 0.3) is 5.91 Å². The second-order valence-corrected chi connectivity index (χ2v) is 5.30. The van der Waals surface area contributed by atoms with Gasteiger partial charge in [-0.25, -0.2) is 0 Å². The van der Waals surface area contributed by atoms with E-state index in [9.17, 15) is 4.79 Å². The Bertz CT molecular complexity index is 437. The van der Waals surface area contributed by atoms with E-state index in [2.05, 4.69) is 24.1 Å². The van der Waals surface area contributed by atoms with Crippen LogP contribution in [0.15, 0.2) is 18.3 Å². The number of anilines is 1. The number of nitrogens with zero attached hydrogens (tertiary/aromatic N) is 2. The zero-order valence-electron chi connectivity index (χ0n) is 12.0. The summed E-state index contributed by atoms with van der Waals surface area (Å²) in [6.45, 7) is 7.13. The Hall–Kier alpha value is -1.58. The lowest BCUT2D eigenvalue weighted by atomic mass is 9.97. The van der Waals surface area contributed by atoms with E-state index in [-0.39, 0.29) is 5.91 Å². The third-order valence-electron chi connectivity index (χ3n) is 3.79. The molecule has 2 heterocycles. The summed E-state index contributed by atoms with van der Waals surface area (Å²) < 4.78 is 0. The number of carbonyl (C=O) groups is 1. The number of amides is 1. The Morgan fingerprint density at radius 3 is 2.74 bits per heavy atom. The van der Waals surface area contributed by atoms with Crippen LogP contribution >= 0.6 is 0 Å². The fraction of sp³-hybridized carbons (Fsp3) is 0.600. The predicted octanol–water partition coefficient (Wildman–Crippen LogP) is 2.92. The number of likely N-dealkylation sites (tertiary alicyclic amines) is 1. The van der Waals surface area contributed by atoms with Gasteiger partial charge in [0, 0.05) is 30.5 Å². The van der Waals surface area contributed by atoms with Gasteiger partial charge in [-0.2, -0.15) is 0 Å². The van der Waals surface area contributed by atoms with Crippen LogP contribution < -0.4 is 5.32 Å². The summed E-state index contributed by atoms with van der Waals surface area (Å²) in [5, 5.41) is 3.22. The molecule has 104 valence electrons. The summed E-state index contributed by atoms with van der Waals surface area (Å²) in [6, 6.07) is 4.35. The number of pyridine rings is 1. The third kappa shape index (κ3) is 3.06. The fourth-order valence-corrected chi connectivity index (χ4v) is 2.82. The van der Waals surface area contributed by atoms with Crippen LogP contribution in [-0.4, -0.2) is 34.4 Å². The van der Waals surface area contributed by atoms with Gasteiger partial charge < -0.3 is 10.2 Å². The van der Waals surface area contributed by atoms with Gasteiger partial charge in [-0.15, -0.1) is 0 Å². The van der Waals surface area contributed by atoms with Crippen LogP contribution in [0.5, 0.6) is 0 Å². The molecule has 1 aromatic rings. The molecule has 0 bridgehead atoms. The normalized spacial score (nSPS) is 23.2. The highest BCUT2D eigenvalue weighted by molar-refractivity contribution is 5.93. The largest absolute Gasteiger partial charge is 0.385 e. The molecular formula is C15H23N3O. The lowest BCUT2D eigenvalue weighted by Gasteiger charge is -2.38. The maximum atomic E-state index is 12.6. The fourth-order valence-electron chi connectivity index (χ4n) is 2.82. The van der Waals surface area contributed by atoms with E-state index in [0.717, 1.165) is 25.1 Å². The highest BCUT2D eigenvalue weighted by Crippen LogP contribution is 2.24. The van der Waals surface area contributed by atoms with Crippen LogP contribution in [0.1, 0.15) is 50.5 Å². The van der Waals surface area contributed by atoms with Crippen molar-refractivity contribution in [3.63, 3.8) is 0 Å². The molecule has 0 unspecified atom stereocenters. The summed E-state index contributed by atoms with van der Waals surface area (Å²) >= 11 is 0. The number of nitrogens with one attached hydrogen (secondary N) is 1. The standard InChI is InChI=1S/C15H23N3O/c1-4-16-13-8-9-17-14(10-13)15(19)18-11(2)6-5-7-12(18)3/h8-12H,4-7H2,1-3H3,(H,16,17)/t11-,12+. The van der Waals surface area contributed by atoms with Gasteiger partial charge in [0.15, 0.2) is 0 Å². The zero-order valence-corrected chi connectivity index (χ0v) is 12.0. The average molecular weight is 261 g/mol. The van der Waals surface area contributed by atoms with Crippen LogP contribution in [0.2, 0.25) is 0 Å². The van der Waals surface area contributed by atoms with E-state index >= 15 is 0 Å². The maximum Gasteiger partial charge on any atom is 0.273 e. The van der Waals surface area contributed by atoms with Crippen molar-refractivity contribution < 1.29 is 4.79 Å². The summed E-state index contributed by atoms with van der Waals surface area (Å²) in [4.78, 5) is 18.8. The molecule has 1 saturated heterocycles. The van der Waals surface area contributed by atoms with E-state index < -0.39 is 0 Å². The molecule has 2 atom stereocenters. The molecular weight excluding hydrogens is 238 g/mol. The van der Waals surface area contributed by atoms with E-state index in [0.29, 0.717) is 17.8 Å². The molecule has 1 aromatic heterocycles. The SMILES string of the molecule is CCNc1ccnc(C(=O)N2[C@H](C)CCC[C@@H]2C)c1. The predicted molar refractivity (Wildman–Crippen MR) is 77.3 cm³/mol. The van der Waals surface area contributed by atoms with Gasteiger partial charge in [0.2, 0.25) is 0 Å². The van der Waals surface area contributed by atoms with Crippen molar-refractivity contribution in [2.24, 2.45) is 0 Å². The lowest BCUT2D eigenvalue weighted by molar-refractivity contribution is 0.0504. The van der Waals surface area contributed by atoms with Crippen molar-refractivity contribution in [2.45, 2.75) is 52.1 Å². The Labute approximate surface area is 115 Å². The summed E-state index contributed by atoms with van der Waals surface area (Å²) in [5.74, 6) is 0.0550. The van der Waals surface area contributed by atoms with Crippen LogP contribution in [0.25, 0.3) is 0 Å². The molecule has 2 rings (SSSR count). The Morgan fingerprint density at radius 2 is 2.11 bits per heavy atom. The molecule has 1 aliphatic heterocycles. The Kier molecular flexibility index (Phi) is 4.40. The van der Waals surface area contributed by atoms with Gasteiger partial charge >= 0.3 is 0 Å². The second kappa shape index (κ2) is 6.04. The first-order chi connectivity index (χ1) is 9.13. The van der Waals surface area contributed by atoms with Gasteiger partial charge in [0.1, 0.15) is 5.69 Å². The number of hydrogen-bond acceptors (Lipinski definition) is 3. The number of hydrogen-bond donors (Lipinski definition) is 1. The molecule has 1 amide bonds. The average Bonchev–Trinajstić information content (AvgIpc) is 2.39. The highest BCUT2D eigenvalue weighted by Gasteiger charge is 2.30. The molecule has 0 spiro atoms. The summed E-state index contributed by atoms with van der Waals surface area (Å²) in [6.07, 6.45) is 5.08. The third-order valence-corrected chi connectivity index (χ3v) is 3.79. The van der Waals surface area contributed by atoms with Crippen molar-refractivity contribution in [2.75, 3.05) is 11.9 Å². The van der Waals surface area contributed by atoms with Crippen LogP contribution in [0, 0.1) is 0 Å². The maximum absolute atomic E-state index is 12.6. The summed E-state index contributed by atoms with van der Waals surface area (Å²) in [7, 11) is 0. The molecule has 0 aliphatic carbocycles. The molecule has 4 nitrogen and oxygen atoms in total. The van der Waals surface area contributed by atoms with E-state index in [4.69, 9.17) is 0 Å². The topological polar surface area (TPSA) is 45.2 Å². The Morgan fingerprint density at radius 1 is 1.42 bits per heavy atom. The molecule has 0 aromatic carbocycles. The molecule has 4 heteroatoms. The van der Waals surface area contributed by atoms with Crippen molar-refractivity contribution in [1.82, 2.24) is 9.88 Å². The monoisotopic (exact) mass is 261 g/mol. The summed E-state index contributed by atoms with van der Waals surface area (Å²) in [5.41, 5.74) is 1.50. The first kappa shape index (κ1) is 13.8. The van der Waals surface area contributed by atoms with E-state index in [1.807, 2.05) is 24.0 Å². The first-order valence-corrected chi connectivity index (χ1v) is 7.16. The number of rotatable bonds is 3. The number of aromatic nitrogens is 1. The van der Waals surface area contributed by atoms with E-state index in [1.165, 1.54) is 6.42 Å². The first-order valence-electron chi connectivity index (χ1n) is 7.16. The molecule has 1 N–H and O–H groups in total. The number of carbonyl (C=O) groups excluding carboxylic acids is 1. The van der Waals surface area contributed by atoms with Crippen LogP contribution in [-0.2, 0) is 0 Å². The van der Waals surface area contributed by atoms with Gasteiger partial charge in [0.05, 0.1) is 0 Å². The number of piperidine rings is 1. The van der Waals surface area contributed by atoms with Crippen molar-refractivity contribution in [3.8, 4) is 0 Å². The minimum atomic E-state index is 0.0550. The smallest absolute Gasteiger partial charge is 0.273 e. The van der Waals surface area contributed by atoms with Gasteiger partial charge in [-0.05, 0) is 52.2 Å². The Balaban J connectivity index is 2.20.